The fourth-order valence-corrected chi connectivity index (χ4v) is 4.60. The molecule has 0 amide bonds. The molecule has 140 valence electrons. The molecule has 6 nitrogen and oxygen atoms in total. The van der Waals surface area contributed by atoms with E-state index in [1.165, 1.54) is 64.5 Å². The summed E-state index contributed by atoms with van der Waals surface area (Å²) in [6, 6.07) is 0.657. The van der Waals surface area contributed by atoms with Crippen molar-refractivity contribution in [3.63, 3.8) is 0 Å². The van der Waals surface area contributed by atoms with Gasteiger partial charge in [-0.1, -0.05) is 24.4 Å². The lowest BCUT2D eigenvalue weighted by Gasteiger charge is -2.36. The highest BCUT2D eigenvalue weighted by Crippen LogP contribution is 2.33. The Hall–Kier alpha value is -0.980. The Balaban J connectivity index is 1.31. The molecule has 0 radical (unpaired) electrons. The number of ether oxygens (including phenoxy) is 1. The van der Waals surface area contributed by atoms with Crippen molar-refractivity contribution in [2.45, 2.75) is 69.9 Å². The Morgan fingerprint density at radius 1 is 0.960 bits per heavy atom. The molecule has 2 saturated heterocycles. The second kappa shape index (κ2) is 8.60. The molecule has 2 aliphatic heterocycles. The molecule has 1 aliphatic carbocycles. The van der Waals surface area contributed by atoms with Crippen LogP contribution in [0.5, 0.6) is 0 Å². The molecule has 0 spiro atoms. The molecular weight excluding hydrogens is 316 g/mol. The number of hydrogen-bond acceptors (Lipinski definition) is 6. The van der Waals surface area contributed by atoms with Crippen LogP contribution in [-0.2, 0) is 11.3 Å². The van der Waals surface area contributed by atoms with Crippen LogP contribution < -0.4 is 0 Å². The molecule has 4 rings (SSSR count). The summed E-state index contributed by atoms with van der Waals surface area (Å²) in [5.41, 5.74) is 0. The molecule has 25 heavy (non-hydrogen) atoms. The van der Waals surface area contributed by atoms with Gasteiger partial charge in [-0.25, -0.2) is 0 Å². The average molecular weight is 348 g/mol. The standard InChI is InChI=1S/C19H32N4O2/c1-2-6-16(5-1)19-20-18(21-25-19)15-23-9-4-3-7-17(23)8-10-22-11-13-24-14-12-22/h16-17H,1-15H2. The second-order valence-corrected chi connectivity index (χ2v) is 7.89. The summed E-state index contributed by atoms with van der Waals surface area (Å²) >= 11 is 0. The van der Waals surface area contributed by atoms with Crippen molar-refractivity contribution in [3.05, 3.63) is 11.7 Å². The summed E-state index contributed by atoms with van der Waals surface area (Å²) in [5.74, 6) is 2.29. The first kappa shape index (κ1) is 17.4. The first-order valence-electron chi connectivity index (χ1n) is 10.2. The van der Waals surface area contributed by atoms with Crippen LogP contribution in [0.15, 0.2) is 4.52 Å². The molecule has 3 aliphatic rings. The summed E-state index contributed by atoms with van der Waals surface area (Å²) in [6.45, 7) is 7.15. The summed E-state index contributed by atoms with van der Waals surface area (Å²) in [5, 5.41) is 4.28. The minimum absolute atomic E-state index is 0.514. The molecule has 6 heteroatoms. The topological polar surface area (TPSA) is 54.6 Å². The molecule has 1 atom stereocenters. The van der Waals surface area contributed by atoms with E-state index in [9.17, 15) is 0 Å². The first-order chi connectivity index (χ1) is 12.4. The lowest BCUT2D eigenvalue weighted by molar-refractivity contribution is 0.0300. The van der Waals surface area contributed by atoms with Gasteiger partial charge < -0.3 is 9.26 Å². The van der Waals surface area contributed by atoms with Crippen LogP contribution in [0.3, 0.4) is 0 Å². The lowest BCUT2D eigenvalue weighted by Crippen LogP contribution is -2.43. The van der Waals surface area contributed by atoms with Crippen LogP contribution in [0.2, 0.25) is 0 Å². The van der Waals surface area contributed by atoms with Crippen LogP contribution in [0.4, 0.5) is 0 Å². The van der Waals surface area contributed by atoms with Gasteiger partial charge in [0.2, 0.25) is 5.89 Å². The van der Waals surface area contributed by atoms with Crippen LogP contribution in [0, 0.1) is 0 Å². The van der Waals surface area contributed by atoms with Crippen molar-refractivity contribution >= 4 is 0 Å². The molecule has 3 fully saturated rings. The third kappa shape index (κ3) is 4.60. The molecule has 1 unspecified atom stereocenters. The van der Waals surface area contributed by atoms with Gasteiger partial charge >= 0.3 is 0 Å². The quantitative estimate of drug-likeness (QED) is 0.788. The number of likely N-dealkylation sites (tertiary alicyclic amines) is 1. The van der Waals surface area contributed by atoms with Gasteiger partial charge in [-0.2, -0.15) is 4.98 Å². The van der Waals surface area contributed by atoms with Crippen molar-refractivity contribution in [2.75, 3.05) is 39.4 Å². The summed E-state index contributed by atoms with van der Waals surface area (Å²) in [4.78, 5) is 9.86. The van der Waals surface area contributed by atoms with Crippen LogP contribution in [-0.4, -0.2) is 65.4 Å². The normalized spacial score (nSPS) is 27.1. The lowest BCUT2D eigenvalue weighted by atomic mass is 9.99. The van der Waals surface area contributed by atoms with E-state index < -0.39 is 0 Å². The highest BCUT2D eigenvalue weighted by molar-refractivity contribution is 4.97. The van der Waals surface area contributed by atoms with E-state index in [0.29, 0.717) is 12.0 Å². The number of hydrogen-bond donors (Lipinski definition) is 0. The first-order valence-corrected chi connectivity index (χ1v) is 10.2. The van der Waals surface area contributed by atoms with Crippen molar-refractivity contribution in [1.29, 1.82) is 0 Å². The molecule has 0 bridgehead atoms. The maximum atomic E-state index is 5.57. The van der Waals surface area contributed by atoms with Crippen LogP contribution in [0.25, 0.3) is 0 Å². The third-order valence-electron chi connectivity index (χ3n) is 6.16. The maximum Gasteiger partial charge on any atom is 0.229 e. The van der Waals surface area contributed by atoms with Crippen molar-refractivity contribution in [3.8, 4) is 0 Å². The van der Waals surface area contributed by atoms with E-state index in [2.05, 4.69) is 15.0 Å². The summed E-state index contributed by atoms with van der Waals surface area (Å²) in [6.07, 6.45) is 10.2. The maximum absolute atomic E-state index is 5.57. The Morgan fingerprint density at radius 2 is 1.76 bits per heavy atom. The van der Waals surface area contributed by atoms with E-state index >= 15 is 0 Å². The smallest absolute Gasteiger partial charge is 0.229 e. The molecule has 1 saturated carbocycles. The molecule has 0 aromatic carbocycles. The third-order valence-corrected chi connectivity index (χ3v) is 6.16. The van der Waals surface area contributed by atoms with Gasteiger partial charge in [0.25, 0.3) is 0 Å². The molecule has 3 heterocycles. The number of aromatic nitrogens is 2. The Labute approximate surface area is 150 Å². The van der Waals surface area contributed by atoms with Gasteiger partial charge in [-0.05, 0) is 45.2 Å². The van der Waals surface area contributed by atoms with Gasteiger partial charge in [0.1, 0.15) is 0 Å². The van der Waals surface area contributed by atoms with Crippen molar-refractivity contribution < 1.29 is 9.26 Å². The van der Waals surface area contributed by atoms with Crippen molar-refractivity contribution in [2.24, 2.45) is 0 Å². The van der Waals surface area contributed by atoms with Crippen LogP contribution >= 0.6 is 0 Å². The fraction of sp³-hybridized carbons (Fsp3) is 0.895. The van der Waals surface area contributed by atoms with Gasteiger partial charge in [-0.3, -0.25) is 9.80 Å². The molecular formula is C19H32N4O2. The van der Waals surface area contributed by atoms with E-state index in [4.69, 9.17) is 14.2 Å². The number of nitrogens with zero attached hydrogens (tertiary/aromatic N) is 4. The van der Waals surface area contributed by atoms with E-state index in [1.807, 2.05) is 0 Å². The van der Waals surface area contributed by atoms with Gasteiger partial charge in [0.05, 0.1) is 19.8 Å². The number of morpholine rings is 1. The van der Waals surface area contributed by atoms with Gasteiger partial charge in [0, 0.05) is 25.0 Å². The molecule has 0 N–H and O–H groups in total. The summed E-state index contributed by atoms with van der Waals surface area (Å²) in [7, 11) is 0. The number of piperidine rings is 1. The average Bonchev–Trinajstić information content (AvgIpc) is 3.33. The van der Waals surface area contributed by atoms with Crippen LogP contribution in [0.1, 0.15) is 69.0 Å². The van der Waals surface area contributed by atoms with Gasteiger partial charge in [-0.15, -0.1) is 0 Å². The minimum Gasteiger partial charge on any atom is -0.379 e. The predicted octanol–water partition coefficient (Wildman–Crippen LogP) is 2.80. The van der Waals surface area contributed by atoms with E-state index in [0.717, 1.165) is 44.6 Å². The summed E-state index contributed by atoms with van der Waals surface area (Å²) < 4.78 is 11.0. The minimum atomic E-state index is 0.514. The highest BCUT2D eigenvalue weighted by atomic mass is 16.5. The molecule has 1 aromatic rings. The largest absolute Gasteiger partial charge is 0.379 e. The second-order valence-electron chi connectivity index (χ2n) is 7.89. The Bertz CT molecular complexity index is 523. The monoisotopic (exact) mass is 348 g/mol. The Kier molecular flexibility index (Phi) is 6.00. The fourth-order valence-electron chi connectivity index (χ4n) is 4.60. The van der Waals surface area contributed by atoms with E-state index in [1.54, 1.807) is 0 Å². The zero-order chi connectivity index (χ0) is 16.9. The van der Waals surface area contributed by atoms with Gasteiger partial charge in [0.15, 0.2) is 5.82 Å². The van der Waals surface area contributed by atoms with E-state index in [-0.39, 0.29) is 0 Å². The zero-order valence-corrected chi connectivity index (χ0v) is 15.4. The Morgan fingerprint density at radius 3 is 2.60 bits per heavy atom. The highest BCUT2D eigenvalue weighted by Gasteiger charge is 2.27. The van der Waals surface area contributed by atoms with Crippen molar-refractivity contribution in [1.82, 2.24) is 19.9 Å². The molecule has 1 aromatic heterocycles. The SMILES string of the molecule is C1CCC(c2nc(CN3CCCCC3CCN3CCOCC3)no2)C1. The predicted molar refractivity (Wildman–Crippen MR) is 95.4 cm³/mol. The number of rotatable bonds is 6. The zero-order valence-electron chi connectivity index (χ0n) is 15.4.